The normalized spacial score (nSPS) is 10.1. The predicted molar refractivity (Wildman–Crippen MR) is 65.7 cm³/mol. The lowest BCUT2D eigenvalue weighted by molar-refractivity contribution is 0.961. The molecule has 0 unspecified atom stereocenters. The Morgan fingerprint density at radius 1 is 1.12 bits per heavy atom. The van der Waals surface area contributed by atoms with Crippen LogP contribution in [-0.4, -0.2) is 16.5 Å². The number of aromatic nitrogens is 2. The molecule has 0 aliphatic rings. The van der Waals surface area contributed by atoms with E-state index in [1.54, 1.807) is 18.5 Å². The van der Waals surface area contributed by atoms with E-state index in [0.717, 1.165) is 24.3 Å². The van der Waals surface area contributed by atoms with Crippen LogP contribution in [0, 0.1) is 0 Å². The molecule has 1 N–H and O–H groups in total. The van der Waals surface area contributed by atoms with Crippen LogP contribution < -0.4 is 5.32 Å². The lowest BCUT2D eigenvalue weighted by Gasteiger charge is -2.05. The number of rotatable bonds is 4. The van der Waals surface area contributed by atoms with Gasteiger partial charge in [0.25, 0.3) is 0 Å². The van der Waals surface area contributed by atoms with Crippen molar-refractivity contribution in [3.8, 4) is 0 Å². The van der Waals surface area contributed by atoms with Gasteiger partial charge in [-0.25, -0.2) is 4.98 Å². The first kappa shape index (κ1) is 10.9. The second kappa shape index (κ2) is 5.47. The fourth-order valence-electron chi connectivity index (χ4n) is 1.39. The number of halogens is 1. The molecule has 0 aliphatic heterocycles. The van der Waals surface area contributed by atoms with Gasteiger partial charge in [0, 0.05) is 36.7 Å². The van der Waals surface area contributed by atoms with Crippen LogP contribution in [0.5, 0.6) is 0 Å². The Morgan fingerprint density at radius 2 is 2.06 bits per heavy atom. The second-order valence-electron chi connectivity index (χ2n) is 3.37. The Bertz CT molecular complexity index is 445. The van der Waals surface area contributed by atoms with Gasteiger partial charge in [-0.05, 0) is 24.3 Å². The summed E-state index contributed by atoms with van der Waals surface area (Å²) in [5, 5.41) is 3.77. The number of nitrogens with one attached hydrogen (secondary N) is 1. The van der Waals surface area contributed by atoms with Crippen LogP contribution in [0.25, 0.3) is 0 Å². The molecule has 0 amide bonds. The minimum atomic E-state index is 0.503. The summed E-state index contributed by atoms with van der Waals surface area (Å²) in [6.07, 6.45) is 4.38. The van der Waals surface area contributed by atoms with E-state index < -0.39 is 0 Å². The smallest absolute Gasteiger partial charge is 0.131 e. The number of anilines is 1. The molecule has 0 bridgehead atoms. The average Bonchev–Trinajstić information content (AvgIpc) is 2.30. The average molecular weight is 234 g/mol. The highest BCUT2D eigenvalue weighted by Gasteiger charge is 1.95. The van der Waals surface area contributed by atoms with E-state index in [1.165, 1.54) is 0 Å². The van der Waals surface area contributed by atoms with Crippen LogP contribution in [0.15, 0.2) is 42.7 Å². The molecule has 0 aliphatic carbocycles. The van der Waals surface area contributed by atoms with Gasteiger partial charge in [-0.2, -0.15) is 0 Å². The van der Waals surface area contributed by atoms with Crippen LogP contribution in [0.2, 0.25) is 5.15 Å². The number of hydrogen-bond acceptors (Lipinski definition) is 3. The third-order valence-corrected chi connectivity index (χ3v) is 2.37. The number of hydrogen-bond donors (Lipinski definition) is 1. The van der Waals surface area contributed by atoms with E-state index in [9.17, 15) is 0 Å². The van der Waals surface area contributed by atoms with Gasteiger partial charge in [0.2, 0.25) is 0 Å². The molecular weight excluding hydrogens is 222 g/mol. The second-order valence-corrected chi connectivity index (χ2v) is 3.75. The Kier molecular flexibility index (Phi) is 3.72. The van der Waals surface area contributed by atoms with E-state index in [4.69, 9.17) is 11.6 Å². The third-order valence-electron chi connectivity index (χ3n) is 2.16. The summed E-state index contributed by atoms with van der Waals surface area (Å²) in [6.45, 7) is 0.831. The summed E-state index contributed by atoms with van der Waals surface area (Å²) >= 11 is 5.78. The van der Waals surface area contributed by atoms with Gasteiger partial charge in [0.1, 0.15) is 5.15 Å². The lowest BCUT2D eigenvalue weighted by atomic mass is 10.2. The van der Waals surface area contributed by atoms with Crippen molar-refractivity contribution < 1.29 is 0 Å². The zero-order valence-corrected chi connectivity index (χ0v) is 9.48. The topological polar surface area (TPSA) is 37.8 Å². The van der Waals surface area contributed by atoms with Crippen molar-refractivity contribution in [2.45, 2.75) is 6.42 Å². The van der Waals surface area contributed by atoms with Crippen LogP contribution in [0.4, 0.5) is 5.69 Å². The molecule has 0 atom stereocenters. The number of nitrogens with zero attached hydrogens (tertiary/aromatic N) is 2. The van der Waals surface area contributed by atoms with Crippen molar-refractivity contribution >= 4 is 17.3 Å². The number of pyridine rings is 2. The van der Waals surface area contributed by atoms with Gasteiger partial charge < -0.3 is 5.32 Å². The highest BCUT2D eigenvalue weighted by molar-refractivity contribution is 6.29. The molecule has 0 fully saturated rings. The van der Waals surface area contributed by atoms with Gasteiger partial charge >= 0.3 is 0 Å². The molecule has 3 nitrogen and oxygen atoms in total. The maximum atomic E-state index is 5.78. The van der Waals surface area contributed by atoms with Crippen molar-refractivity contribution in [3.63, 3.8) is 0 Å². The first-order valence-electron chi connectivity index (χ1n) is 5.10. The van der Waals surface area contributed by atoms with Crippen LogP contribution in [-0.2, 0) is 6.42 Å². The lowest BCUT2D eigenvalue weighted by Crippen LogP contribution is -2.05. The molecule has 2 rings (SSSR count). The summed E-state index contributed by atoms with van der Waals surface area (Å²) in [6, 6.07) is 9.62. The molecule has 16 heavy (non-hydrogen) atoms. The van der Waals surface area contributed by atoms with Crippen molar-refractivity contribution in [2.24, 2.45) is 0 Å². The minimum absolute atomic E-state index is 0.503. The van der Waals surface area contributed by atoms with E-state index in [0.29, 0.717) is 5.15 Å². The molecule has 2 aromatic rings. The quantitative estimate of drug-likeness (QED) is 0.826. The van der Waals surface area contributed by atoms with Gasteiger partial charge in [0.15, 0.2) is 0 Å². The summed E-state index contributed by atoms with van der Waals surface area (Å²) in [5.41, 5.74) is 2.06. The highest BCUT2D eigenvalue weighted by atomic mass is 35.5. The van der Waals surface area contributed by atoms with E-state index in [1.807, 2.05) is 24.3 Å². The van der Waals surface area contributed by atoms with E-state index in [-0.39, 0.29) is 0 Å². The molecular formula is C12H12ClN3. The van der Waals surface area contributed by atoms with E-state index >= 15 is 0 Å². The maximum absolute atomic E-state index is 5.78. The maximum Gasteiger partial charge on any atom is 0.131 e. The van der Waals surface area contributed by atoms with Crippen molar-refractivity contribution in [2.75, 3.05) is 11.9 Å². The van der Waals surface area contributed by atoms with Crippen LogP contribution >= 0.6 is 11.6 Å². The Labute approximate surface area is 99.5 Å². The summed E-state index contributed by atoms with van der Waals surface area (Å²) in [7, 11) is 0. The molecule has 2 aromatic heterocycles. The fourth-order valence-corrected chi connectivity index (χ4v) is 1.57. The highest BCUT2D eigenvalue weighted by Crippen LogP contribution is 2.11. The fraction of sp³-hybridized carbons (Fsp3) is 0.167. The standard InChI is InChI=1S/C12H12ClN3/c13-12-9-11(5-8-16-12)15-7-4-10-3-1-2-6-14-10/h1-3,5-6,8-9H,4,7H2,(H,15,16). The molecule has 0 radical (unpaired) electrons. The monoisotopic (exact) mass is 233 g/mol. The molecule has 4 heteroatoms. The summed E-state index contributed by atoms with van der Waals surface area (Å²) in [4.78, 5) is 8.17. The molecule has 0 saturated heterocycles. The molecule has 0 aromatic carbocycles. The van der Waals surface area contributed by atoms with E-state index in [2.05, 4.69) is 15.3 Å². The Balaban J connectivity index is 1.85. The first-order valence-corrected chi connectivity index (χ1v) is 5.48. The Hall–Kier alpha value is -1.61. The zero-order chi connectivity index (χ0) is 11.2. The molecule has 0 spiro atoms. The zero-order valence-electron chi connectivity index (χ0n) is 8.73. The summed E-state index contributed by atoms with van der Waals surface area (Å²) in [5.74, 6) is 0. The van der Waals surface area contributed by atoms with Gasteiger partial charge in [-0.15, -0.1) is 0 Å². The Morgan fingerprint density at radius 3 is 2.81 bits per heavy atom. The van der Waals surface area contributed by atoms with Gasteiger partial charge in [-0.3, -0.25) is 4.98 Å². The SMILES string of the molecule is Clc1cc(NCCc2ccccn2)ccn1. The molecule has 0 saturated carbocycles. The summed E-state index contributed by atoms with van der Waals surface area (Å²) < 4.78 is 0. The van der Waals surface area contributed by atoms with Gasteiger partial charge in [-0.1, -0.05) is 17.7 Å². The first-order chi connectivity index (χ1) is 7.84. The molecule has 2 heterocycles. The van der Waals surface area contributed by atoms with Gasteiger partial charge in [0.05, 0.1) is 0 Å². The van der Waals surface area contributed by atoms with Crippen LogP contribution in [0.1, 0.15) is 5.69 Å². The minimum Gasteiger partial charge on any atom is -0.385 e. The molecule has 82 valence electrons. The third kappa shape index (κ3) is 3.21. The van der Waals surface area contributed by atoms with Crippen molar-refractivity contribution in [3.05, 3.63) is 53.6 Å². The largest absolute Gasteiger partial charge is 0.385 e. The van der Waals surface area contributed by atoms with Crippen molar-refractivity contribution in [1.29, 1.82) is 0 Å². The van der Waals surface area contributed by atoms with Crippen molar-refractivity contribution in [1.82, 2.24) is 9.97 Å². The predicted octanol–water partition coefficient (Wildman–Crippen LogP) is 2.78. The van der Waals surface area contributed by atoms with Crippen LogP contribution in [0.3, 0.4) is 0 Å².